The number of carbonyl (C=O) groups excluding carboxylic acids is 1. The molecule has 2 heterocycles. The summed E-state index contributed by atoms with van der Waals surface area (Å²) in [6.07, 6.45) is 8.42. The molecule has 1 saturated heterocycles. The second-order valence-electron chi connectivity index (χ2n) is 11.0. The van der Waals surface area contributed by atoms with E-state index >= 15 is 0 Å². The Morgan fingerprint density at radius 1 is 1.28 bits per heavy atom. The molecule has 0 saturated carbocycles. The standard InChI is InChI=1S/C29H45N3O4/c1-5-7-14-31(15-8-13-30)26(33)20-32-19-23(21-9-10-25-22(17-21)11-16-36-25)27(28(34)35)24(32)18-29(3,4)12-6-2/h6,9-10,12,17,23-24,27H,5,7-8,11,13-16,18-20,30H2,1-4H3,(H,34,35)/t23-,24+,27?/m1/s1. The molecule has 2 aliphatic rings. The molecule has 3 rings (SSSR count). The van der Waals surface area contributed by atoms with E-state index in [0.717, 1.165) is 42.6 Å². The van der Waals surface area contributed by atoms with E-state index in [1.54, 1.807) is 0 Å². The quantitative estimate of drug-likeness (QED) is 0.398. The van der Waals surface area contributed by atoms with Gasteiger partial charge in [-0.1, -0.05) is 51.5 Å². The summed E-state index contributed by atoms with van der Waals surface area (Å²) in [6.45, 7) is 11.8. The first-order chi connectivity index (χ1) is 17.2. The molecule has 0 aliphatic carbocycles. The summed E-state index contributed by atoms with van der Waals surface area (Å²) >= 11 is 0. The van der Waals surface area contributed by atoms with E-state index in [9.17, 15) is 14.7 Å². The summed E-state index contributed by atoms with van der Waals surface area (Å²) in [5.74, 6) is -0.596. The highest BCUT2D eigenvalue weighted by Gasteiger charge is 2.48. The van der Waals surface area contributed by atoms with Crippen LogP contribution < -0.4 is 10.5 Å². The van der Waals surface area contributed by atoms with Crippen LogP contribution in [0, 0.1) is 11.3 Å². The number of nitrogens with zero attached hydrogens (tertiary/aromatic N) is 2. The lowest BCUT2D eigenvalue weighted by atomic mass is 9.77. The van der Waals surface area contributed by atoms with Crippen LogP contribution >= 0.6 is 0 Å². The second kappa shape index (κ2) is 12.7. The predicted octanol–water partition coefficient (Wildman–Crippen LogP) is 4.06. The van der Waals surface area contributed by atoms with Gasteiger partial charge in [-0.25, -0.2) is 0 Å². The van der Waals surface area contributed by atoms with Crippen molar-refractivity contribution in [3.8, 4) is 5.75 Å². The Labute approximate surface area is 216 Å². The minimum Gasteiger partial charge on any atom is -0.493 e. The molecule has 2 aliphatic heterocycles. The van der Waals surface area contributed by atoms with Crippen molar-refractivity contribution in [1.82, 2.24) is 9.80 Å². The highest BCUT2D eigenvalue weighted by molar-refractivity contribution is 5.79. The van der Waals surface area contributed by atoms with E-state index in [4.69, 9.17) is 10.5 Å². The van der Waals surface area contributed by atoms with Gasteiger partial charge in [0.25, 0.3) is 0 Å². The molecule has 0 spiro atoms. The monoisotopic (exact) mass is 499 g/mol. The summed E-state index contributed by atoms with van der Waals surface area (Å²) in [5.41, 5.74) is 7.72. The number of amides is 1. The molecular formula is C29H45N3O4. The van der Waals surface area contributed by atoms with Gasteiger partial charge in [0.15, 0.2) is 0 Å². The molecule has 3 atom stereocenters. The third-order valence-electron chi connectivity index (χ3n) is 7.63. The molecule has 1 amide bonds. The van der Waals surface area contributed by atoms with E-state index in [-0.39, 0.29) is 29.8 Å². The molecular weight excluding hydrogens is 454 g/mol. The fourth-order valence-corrected chi connectivity index (χ4v) is 5.85. The zero-order valence-electron chi connectivity index (χ0n) is 22.5. The number of unbranched alkanes of at least 4 members (excludes halogenated alkanes) is 1. The second-order valence-corrected chi connectivity index (χ2v) is 11.0. The number of carboxylic acid groups (broad SMARTS) is 1. The first-order valence-corrected chi connectivity index (χ1v) is 13.5. The highest BCUT2D eigenvalue weighted by Crippen LogP contribution is 2.43. The molecule has 1 unspecified atom stereocenters. The molecule has 0 radical (unpaired) electrons. The summed E-state index contributed by atoms with van der Waals surface area (Å²) < 4.78 is 5.68. The van der Waals surface area contributed by atoms with Crippen LogP contribution in [0.3, 0.4) is 0 Å². The van der Waals surface area contributed by atoms with Crippen LogP contribution in [0.5, 0.6) is 5.75 Å². The van der Waals surface area contributed by atoms with Gasteiger partial charge in [0.2, 0.25) is 5.91 Å². The number of benzene rings is 1. The average molecular weight is 500 g/mol. The summed E-state index contributed by atoms with van der Waals surface area (Å²) in [7, 11) is 0. The van der Waals surface area contributed by atoms with Crippen molar-refractivity contribution in [2.24, 2.45) is 17.1 Å². The van der Waals surface area contributed by atoms with E-state index in [1.165, 1.54) is 0 Å². The van der Waals surface area contributed by atoms with Crippen molar-refractivity contribution in [1.29, 1.82) is 0 Å². The van der Waals surface area contributed by atoms with Crippen LogP contribution in [-0.2, 0) is 16.0 Å². The number of rotatable bonds is 13. The van der Waals surface area contributed by atoms with E-state index in [1.807, 2.05) is 30.0 Å². The van der Waals surface area contributed by atoms with Gasteiger partial charge >= 0.3 is 5.97 Å². The zero-order chi connectivity index (χ0) is 26.3. The lowest BCUT2D eigenvalue weighted by molar-refractivity contribution is -0.144. The topological polar surface area (TPSA) is 96.1 Å². The van der Waals surface area contributed by atoms with Crippen molar-refractivity contribution >= 4 is 11.9 Å². The lowest BCUT2D eigenvalue weighted by Crippen LogP contribution is -2.46. The van der Waals surface area contributed by atoms with Crippen LogP contribution in [0.15, 0.2) is 30.4 Å². The Hall–Kier alpha value is -2.38. The zero-order valence-corrected chi connectivity index (χ0v) is 22.5. The number of nitrogens with two attached hydrogens (primary N) is 1. The summed E-state index contributed by atoms with van der Waals surface area (Å²) in [4.78, 5) is 30.3. The first-order valence-electron chi connectivity index (χ1n) is 13.5. The molecule has 200 valence electrons. The smallest absolute Gasteiger partial charge is 0.308 e. The number of aliphatic carboxylic acids is 1. The SMILES string of the molecule is CC=CC(C)(C)C[C@H]1C(C(=O)O)[C@@H](c2ccc3c(c2)CCO3)CN1CC(=O)N(CCCC)CCCN. The van der Waals surface area contributed by atoms with Gasteiger partial charge in [-0.2, -0.15) is 0 Å². The fourth-order valence-electron chi connectivity index (χ4n) is 5.85. The first kappa shape index (κ1) is 28.2. The largest absolute Gasteiger partial charge is 0.493 e. The number of hydrogen-bond donors (Lipinski definition) is 2. The Kier molecular flexibility index (Phi) is 9.97. The summed E-state index contributed by atoms with van der Waals surface area (Å²) in [6, 6.07) is 5.87. The van der Waals surface area contributed by atoms with Crippen LogP contribution in [-0.4, -0.2) is 72.2 Å². The van der Waals surface area contributed by atoms with Gasteiger partial charge in [-0.3, -0.25) is 14.5 Å². The van der Waals surface area contributed by atoms with Crippen LogP contribution in [0.25, 0.3) is 0 Å². The minimum absolute atomic E-state index is 0.0675. The van der Waals surface area contributed by atoms with Crippen molar-refractivity contribution in [2.75, 3.05) is 39.3 Å². The molecule has 1 aromatic carbocycles. The van der Waals surface area contributed by atoms with Crippen LogP contribution in [0.1, 0.15) is 70.4 Å². The molecule has 0 bridgehead atoms. The number of carbonyl (C=O) groups is 2. The molecule has 7 heteroatoms. The third-order valence-corrected chi connectivity index (χ3v) is 7.63. The summed E-state index contributed by atoms with van der Waals surface area (Å²) in [5, 5.41) is 10.5. The molecule has 7 nitrogen and oxygen atoms in total. The van der Waals surface area contributed by atoms with Crippen LogP contribution in [0.2, 0.25) is 0 Å². The van der Waals surface area contributed by atoms with Gasteiger partial charge in [0.05, 0.1) is 19.1 Å². The predicted molar refractivity (Wildman–Crippen MR) is 143 cm³/mol. The number of fused-ring (bicyclic) bond motifs is 1. The van der Waals surface area contributed by atoms with Gasteiger partial charge in [0, 0.05) is 38.0 Å². The number of carboxylic acids is 1. The number of likely N-dealkylation sites (tertiary alicyclic amines) is 1. The molecule has 1 fully saturated rings. The third kappa shape index (κ3) is 6.88. The maximum absolute atomic E-state index is 13.5. The highest BCUT2D eigenvalue weighted by atomic mass is 16.5. The Bertz CT molecular complexity index is 921. The molecule has 0 aromatic heterocycles. The van der Waals surface area contributed by atoms with Crippen LogP contribution in [0.4, 0.5) is 0 Å². The minimum atomic E-state index is -0.793. The normalized spacial score (nSPS) is 22.1. The van der Waals surface area contributed by atoms with Crippen molar-refractivity contribution in [3.63, 3.8) is 0 Å². The number of hydrogen-bond acceptors (Lipinski definition) is 5. The Morgan fingerprint density at radius 3 is 2.69 bits per heavy atom. The molecule has 36 heavy (non-hydrogen) atoms. The van der Waals surface area contributed by atoms with E-state index < -0.39 is 11.9 Å². The molecule has 3 N–H and O–H groups in total. The average Bonchev–Trinajstić information content (AvgIpc) is 3.43. The number of ether oxygens (including phenoxy) is 1. The van der Waals surface area contributed by atoms with Crippen molar-refractivity contribution in [3.05, 3.63) is 41.5 Å². The van der Waals surface area contributed by atoms with E-state index in [2.05, 4.69) is 37.8 Å². The van der Waals surface area contributed by atoms with Crippen molar-refractivity contribution in [2.45, 2.75) is 71.8 Å². The van der Waals surface area contributed by atoms with Gasteiger partial charge in [-0.15, -0.1) is 0 Å². The lowest BCUT2D eigenvalue weighted by Gasteiger charge is -2.34. The van der Waals surface area contributed by atoms with Crippen molar-refractivity contribution < 1.29 is 19.4 Å². The molecule has 1 aromatic rings. The number of allylic oxidation sites excluding steroid dienone is 2. The van der Waals surface area contributed by atoms with Gasteiger partial charge in [0.1, 0.15) is 5.75 Å². The maximum Gasteiger partial charge on any atom is 0.308 e. The fraction of sp³-hybridized carbons (Fsp3) is 0.655. The maximum atomic E-state index is 13.5. The van der Waals surface area contributed by atoms with Gasteiger partial charge in [-0.05, 0) is 55.3 Å². The van der Waals surface area contributed by atoms with Gasteiger partial charge < -0.3 is 20.5 Å². The van der Waals surface area contributed by atoms with E-state index in [0.29, 0.717) is 39.2 Å². The Balaban J connectivity index is 1.91. The Morgan fingerprint density at radius 2 is 2.03 bits per heavy atom.